The fourth-order valence-corrected chi connectivity index (χ4v) is 6.49. The van der Waals surface area contributed by atoms with E-state index in [1.807, 2.05) is 43.9 Å². The van der Waals surface area contributed by atoms with Gasteiger partial charge in [-0.15, -0.1) is 0 Å². The average molecular weight is 718 g/mol. The molecule has 0 aliphatic carbocycles. The first kappa shape index (κ1) is 44.3. The Morgan fingerprint density at radius 2 is 1.50 bits per heavy atom. The van der Waals surface area contributed by atoms with Gasteiger partial charge in [-0.05, 0) is 109 Å². The van der Waals surface area contributed by atoms with Crippen molar-refractivity contribution >= 4 is 17.3 Å². The summed E-state index contributed by atoms with van der Waals surface area (Å²) in [5.41, 5.74) is 5.17. The van der Waals surface area contributed by atoms with Crippen LogP contribution in [0.25, 0.3) is 0 Å². The summed E-state index contributed by atoms with van der Waals surface area (Å²) < 4.78 is 21.5. The van der Waals surface area contributed by atoms with Crippen LogP contribution in [-0.2, 0) is 10.2 Å². The lowest BCUT2D eigenvalue weighted by Crippen LogP contribution is -2.38. The molecule has 1 amide bonds. The molecule has 0 radical (unpaired) electrons. The van der Waals surface area contributed by atoms with E-state index in [0.717, 1.165) is 69.9 Å². The molecule has 8 heteroatoms. The maximum absolute atomic E-state index is 13.7. The summed E-state index contributed by atoms with van der Waals surface area (Å²) in [4.78, 5) is 22.7. The van der Waals surface area contributed by atoms with Crippen molar-refractivity contribution in [2.45, 2.75) is 92.4 Å². The van der Waals surface area contributed by atoms with E-state index >= 15 is 0 Å². The zero-order valence-electron chi connectivity index (χ0n) is 33.9. The monoisotopic (exact) mass is 718 g/mol. The number of rotatable bonds is 17. The van der Waals surface area contributed by atoms with Crippen LogP contribution in [0, 0.1) is 6.92 Å². The first-order valence-corrected chi connectivity index (χ1v) is 19.2. The molecule has 1 aliphatic heterocycles. The number of methoxy groups -OCH3 is 3. The van der Waals surface area contributed by atoms with Gasteiger partial charge >= 0.3 is 0 Å². The molecule has 0 spiro atoms. The zero-order valence-corrected chi connectivity index (χ0v) is 33.9. The third kappa shape index (κ3) is 13.6. The Morgan fingerprint density at radius 3 is 2.06 bits per heavy atom. The number of amides is 1. The number of likely N-dealkylation sites (tertiary alicyclic amines) is 1. The van der Waals surface area contributed by atoms with Crippen LogP contribution in [0.3, 0.4) is 0 Å². The van der Waals surface area contributed by atoms with Gasteiger partial charge in [-0.3, -0.25) is 9.79 Å². The summed E-state index contributed by atoms with van der Waals surface area (Å²) in [5, 5.41) is 0. The molecule has 1 atom stereocenters. The number of aliphatic imine (C=N–C) groups is 1. The predicted molar refractivity (Wildman–Crippen MR) is 217 cm³/mol. The Kier molecular flexibility index (Phi) is 20.8. The molecule has 8 nitrogen and oxygen atoms in total. The molecule has 1 unspecified atom stereocenters. The maximum Gasteiger partial charge on any atom is 0.257 e. The summed E-state index contributed by atoms with van der Waals surface area (Å²) >= 11 is 0. The van der Waals surface area contributed by atoms with Crippen LogP contribution in [0.5, 0.6) is 17.2 Å². The number of nitrogens with zero attached hydrogens (tertiary/aromatic N) is 3. The first-order valence-electron chi connectivity index (χ1n) is 19.2. The van der Waals surface area contributed by atoms with Gasteiger partial charge in [-0.25, -0.2) is 0 Å². The Bertz CT molecular complexity index is 1470. The highest BCUT2D eigenvalue weighted by Gasteiger charge is 2.42. The Hall–Kier alpha value is -3.88. The summed E-state index contributed by atoms with van der Waals surface area (Å²) in [5.74, 6) is 1.38. The molecular weight excluding hydrogens is 651 g/mol. The molecule has 3 aromatic rings. The van der Waals surface area contributed by atoms with Crippen molar-refractivity contribution < 1.29 is 23.7 Å². The SMILES string of the molecule is CC(C)=Nc1ccccc1C.CCCCN(CCC)CCC1(c2ccccc2)CCN(C(=O)c2ccc(OC)c(OC)c2OC)C1.CCCOCC. The average Bonchev–Trinajstić information content (AvgIpc) is 3.61. The van der Waals surface area contributed by atoms with Crippen LogP contribution in [0.1, 0.15) is 102 Å². The van der Waals surface area contributed by atoms with E-state index in [1.54, 1.807) is 33.5 Å². The lowest BCUT2D eigenvalue weighted by atomic mass is 9.76. The smallest absolute Gasteiger partial charge is 0.257 e. The summed E-state index contributed by atoms with van der Waals surface area (Å²) in [7, 11) is 4.70. The molecule has 52 heavy (non-hydrogen) atoms. The van der Waals surface area contributed by atoms with E-state index in [2.05, 4.69) is 74.0 Å². The van der Waals surface area contributed by atoms with Crippen LogP contribution < -0.4 is 14.2 Å². The van der Waals surface area contributed by atoms with Crippen molar-refractivity contribution in [1.82, 2.24) is 9.80 Å². The summed E-state index contributed by atoms with van der Waals surface area (Å²) in [6, 6.07) is 22.4. The van der Waals surface area contributed by atoms with Gasteiger partial charge in [0, 0.05) is 37.4 Å². The molecule has 3 aromatic carbocycles. The van der Waals surface area contributed by atoms with Gasteiger partial charge in [-0.2, -0.15) is 0 Å². The van der Waals surface area contributed by atoms with Gasteiger partial charge in [0.15, 0.2) is 11.5 Å². The molecule has 0 saturated carbocycles. The second kappa shape index (κ2) is 24.4. The van der Waals surface area contributed by atoms with Crippen LogP contribution in [0.2, 0.25) is 0 Å². The minimum absolute atomic E-state index is 0.0305. The van der Waals surface area contributed by atoms with Gasteiger partial charge in [0.05, 0.1) is 32.6 Å². The Balaban J connectivity index is 0.000000451. The number of ether oxygens (including phenoxy) is 4. The van der Waals surface area contributed by atoms with Gasteiger partial charge in [0.25, 0.3) is 5.91 Å². The van der Waals surface area contributed by atoms with E-state index in [0.29, 0.717) is 35.9 Å². The minimum atomic E-state index is -0.0566. The summed E-state index contributed by atoms with van der Waals surface area (Å²) in [6.45, 7) is 21.2. The normalized spacial score (nSPS) is 14.9. The van der Waals surface area contributed by atoms with E-state index < -0.39 is 0 Å². The highest BCUT2D eigenvalue weighted by atomic mass is 16.5. The number of carbonyl (C=O) groups excluding carboxylic acids is 1. The number of benzene rings is 3. The van der Waals surface area contributed by atoms with E-state index in [9.17, 15) is 4.79 Å². The van der Waals surface area contributed by atoms with Crippen molar-refractivity contribution in [1.29, 1.82) is 0 Å². The van der Waals surface area contributed by atoms with Crippen LogP contribution in [0.15, 0.2) is 71.7 Å². The third-order valence-corrected chi connectivity index (χ3v) is 9.25. The second-order valence-electron chi connectivity index (χ2n) is 13.5. The van der Waals surface area contributed by atoms with Gasteiger partial charge in [0.1, 0.15) is 0 Å². The van der Waals surface area contributed by atoms with E-state index in [1.165, 1.54) is 24.0 Å². The quantitative estimate of drug-likeness (QED) is 0.102. The molecule has 4 rings (SSSR count). The number of para-hydroxylation sites is 1. The maximum atomic E-state index is 13.7. The van der Waals surface area contributed by atoms with Gasteiger partial charge in [0.2, 0.25) is 5.75 Å². The van der Waals surface area contributed by atoms with Crippen LogP contribution >= 0.6 is 0 Å². The molecule has 0 N–H and O–H groups in total. The molecule has 1 fully saturated rings. The lowest BCUT2D eigenvalue weighted by molar-refractivity contribution is 0.0776. The molecule has 1 saturated heterocycles. The number of aryl methyl sites for hydroxylation is 1. The third-order valence-electron chi connectivity index (χ3n) is 9.25. The molecule has 1 heterocycles. The minimum Gasteiger partial charge on any atom is -0.493 e. The summed E-state index contributed by atoms with van der Waals surface area (Å²) in [6.07, 6.45) is 6.71. The molecule has 0 bridgehead atoms. The van der Waals surface area contributed by atoms with Gasteiger partial charge < -0.3 is 28.7 Å². The van der Waals surface area contributed by atoms with Crippen molar-refractivity contribution in [2.75, 3.05) is 67.3 Å². The topological polar surface area (TPSA) is 72.8 Å². The highest BCUT2D eigenvalue weighted by Crippen LogP contribution is 2.43. The van der Waals surface area contributed by atoms with E-state index in [-0.39, 0.29) is 11.3 Å². The van der Waals surface area contributed by atoms with Crippen LogP contribution in [-0.4, -0.2) is 88.7 Å². The largest absolute Gasteiger partial charge is 0.493 e. The predicted octanol–water partition coefficient (Wildman–Crippen LogP) is 9.94. The van der Waals surface area contributed by atoms with Crippen molar-refractivity contribution in [2.24, 2.45) is 4.99 Å². The molecular formula is C44H67N3O5. The second-order valence-corrected chi connectivity index (χ2v) is 13.5. The number of hydrogen-bond acceptors (Lipinski definition) is 7. The molecule has 0 aromatic heterocycles. The first-order chi connectivity index (χ1) is 25.1. The Morgan fingerprint density at radius 1 is 0.808 bits per heavy atom. The van der Waals surface area contributed by atoms with Crippen molar-refractivity contribution in [3.8, 4) is 17.2 Å². The molecule has 288 valence electrons. The number of hydrogen-bond donors (Lipinski definition) is 0. The highest BCUT2D eigenvalue weighted by molar-refractivity contribution is 5.98. The van der Waals surface area contributed by atoms with Gasteiger partial charge in [-0.1, -0.05) is 75.7 Å². The molecule has 1 aliphatic rings. The number of unbranched alkanes of at least 4 members (excludes halogenated alkanes) is 1. The van der Waals surface area contributed by atoms with Crippen molar-refractivity contribution in [3.05, 3.63) is 83.4 Å². The van der Waals surface area contributed by atoms with E-state index in [4.69, 9.17) is 18.9 Å². The lowest BCUT2D eigenvalue weighted by Gasteiger charge is -2.33. The number of carbonyl (C=O) groups is 1. The van der Waals surface area contributed by atoms with Crippen molar-refractivity contribution in [3.63, 3.8) is 0 Å². The fourth-order valence-electron chi connectivity index (χ4n) is 6.49. The van der Waals surface area contributed by atoms with Crippen LogP contribution in [0.4, 0.5) is 5.69 Å². The zero-order chi connectivity index (χ0) is 38.4. The Labute approximate surface area is 315 Å². The fraction of sp³-hybridized carbons (Fsp3) is 0.545. The standard InChI is InChI=1S/C29H42N2O4.C10H13N.C5H12O/c1-6-8-19-30(18-7-2)20-16-29(23-12-10-9-11-13-23)17-21-31(22-29)28(32)24-14-15-25(33-3)27(35-5)26(24)34-4;1-8(2)11-10-7-5-4-6-9(10)3;1-3-5-6-4-2/h9-15H,6-8,16-22H2,1-5H3;4-7H,1-3H3;3-5H2,1-2H3.